The molecule has 0 aliphatic carbocycles. The first-order chi connectivity index (χ1) is 11.5. The van der Waals surface area contributed by atoms with Crippen LogP contribution >= 0.6 is 0 Å². The Morgan fingerprint density at radius 3 is 2.38 bits per heavy atom. The minimum atomic E-state index is -3.81. The summed E-state index contributed by atoms with van der Waals surface area (Å²) in [6.45, 7) is 4.29. The van der Waals surface area contributed by atoms with Crippen LogP contribution in [-0.2, 0) is 16.6 Å². The van der Waals surface area contributed by atoms with E-state index in [-0.39, 0.29) is 10.9 Å². The fraction of sp³-hybridized carbons (Fsp3) is 0.333. The summed E-state index contributed by atoms with van der Waals surface area (Å²) in [6.07, 6.45) is 0. The molecule has 2 aromatic rings. The molecule has 0 saturated carbocycles. The first kappa shape index (κ1) is 17.1. The summed E-state index contributed by atoms with van der Waals surface area (Å²) in [5.74, 6) is -0.698. The summed E-state index contributed by atoms with van der Waals surface area (Å²) in [6, 6.07) is 15.5. The van der Waals surface area contributed by atoms with Crippen LogP contribution in [-0.4, -0.2) is 43.3 Å². The molecule has 128 valence electrons. The number of sulfonamides is 1. The average Bonchev–Trinajstić information content (AvgIpc) is 2.56. The second-order valence-corrected chi connectivity index (χ2v) is 7.97. The summed E-state index contributed by atoms with van der Waals surface area (Å²) in [5, 5.41) is 0. The van der Waals surface area contributed by atoms with Gasteiger partial charge in [0.05, 0.1) is 0 Å². The summed E-state index contributed by atoms with van der Waals surface area (Å²) < 4.78 is 40.8. The van der Waals surface area contributed by atoms with Gasteiger partial charge in [-0.3, -0.25) is 4.90 Å². The van der Waals surface area contributed by atoms with Crippen molar-refractivity contribution in [3.63, 3.8) is 0 Å². The van der Waals surface area contributed by atoms with Gasteiger partial charge in [-0.2, -0.15) is 4.31 Å². The number of benzene rings is 2. The van der Waals surface area contributed by atoms with Crippen LogP contribution in [0.3, 0.4) is 0 Å². The predicted molar refractivity (Wildman–Crippen MR) is 91.5 cm³/mol. The van der Waals surface area contributed by atoms with Gasteiger partial charge in [-0.25, -0.2) is 12.8 Å². The van der Waals surface area contributed by atoms with Gasteiger partial charge in [-0.1, -0.05) is 42.5 Å². The zero-order valence-electron chi connectivity index (χ0n) is 13.6. The smallest absolute Gasteiger partial charge is 0.246 e. The summed E-state index contributed by atoms with van der Waals surface area (Å²) in [7, 11) is -3.81. The van der Waals surface area contributed by atoms with Crippen LogP contribution in [0.1, 0.15) is 12.5 Å². The van der Waals surface area contributed by atoms with Gasteiger partial charge >= 0.3 is 0 Å². The van der Waals surface area contributed by atoms with E-state index in [9.17, 15) is 12.8 Å². The minimum Gasteiger partial charge on any atom is -0.296 e. The van der Waals surface area contributed by atoms with Gasteiger partial charge < -0.3 is 0 Å². The molecule has 3 rings (SSSR count). The zero-order chi connectivity index (χ0) is 17.2. The fourth-order valence-electron chi connectivity index (χ4n) is 3.14. The Labute approximate surface area is 142 Å². The second-order valence-electron chi connectivity index (χ2n) is 6.12. The number of piperazine rings is 1. The van der Waals surface area contributed by atoms with Crippen molar-refractivity contribution in [1.82, 2.24) is 9.21 Å². The molecule has 0 aromatic heterocycles. The van der Waals surface area contributed by atoms with E-state index in [1.165, 1.54) is 28.1 Å². The molecule has 0 unspecified atom stereocenters. The van der Waals surface area contributed by atoms with E-state index in [0.717, 1.165) is 6.54 Å². The van der Waals surface area contributed by atoms with Crippen molar-refractivity contribution in [3.8, 4) is 0 Å². The maximum absolute atomic E-state index is 13.9. The van der Waals surface area contributed by atoms with Crippen molar-refractivity contribution in [2.45, 2.75) is 24.4 Å². The number of nitrogens with zero attached hydrogens (tertiary/aromatic N) is 2. The highest BCUT2D eigenvalue weighted by Gasteiger charge is 2.34. The van der Waals surface area contributed by atoms with Crippen molar-refractivity contribution < 1.29 is 12.8 Å². The molecule has 1 saturated heterocycles. The number of rotatable bonds is 4. The Morgan fingerprint density at radius 2 is 1.71 bits per heavy atom. The Balaban J connectivity index is 1.73. The highest BCUT2D eigenvalue weighted by molar-refractivity contribution is 7.89. The fourth-order valence-corrected chi connectivity index (χ4v) is 4.82. The van der Waals surface area contributed by atoms with Gasteiger partial charge in [0.15, 0.2) is 0 Å². The lowest BCUT2D eigenvalue weighted by Gasteiger charge is -2.39. The standard InChI is InChI=1S/C18H21FN2O2S/c1-15-13-20(14-16-7-3-2-4-8-16)11-12-21(15)24(22,23)18-10-6-5-9-17(18)19/h2-10,15H,11-14H2,1H3/t15-/m1/s1. The average molecular weight is 348 g/mol. The molecule has 1 aliphatic heterocycles. The number of hydrogen-bond acceptors (Lipinski definition) is 3. The quantitative estimate of drug-likeness (QED) is 0.853. The third kappa shape index (κ3) is 3.50. The molecule has 0 spiro atoms. The largest absolute Gasteiger partial charge is 0.296 e. The van der Waals surface area contributed by atoms with Crippen LogP contribution in [0.2, 0.25) is 0 Å². The molecule has 0 bridgehead atoms. The lowest BCUT2D eigenvalue weighted by atomic mass is 10.1. The summed E-state index contributed by atoms with van der Waals surface area (Å²) >= 11 is 0. The van der Waals surface area contributed by atoms with Crippen LogP contribution in [0.15, 0.2) is 59.5 Å². The first-order valence-electron chi connectivity index (χ1n) is 8.01. The van der Waals surface area contributed by atoms with Gasteiger partial charge in [0.1, 0.15) is 10.7 Å². The van der Waals surface area contributed by atoms with E-state index in [1.807, 2.05) is 25.1 Å². The highest BCUT2D eigenvalue weighted by atomic mass is 32.2. The molecular weight excluding hydrogens is 327 g/mol. The van der Waals surface area contributed by atoms with E-state index >= 15 is 0 Å². The van der Waals surface area contributed by atoms with Crippen molar-refractivity contribution in [2.24, 2.45) is 0 Å². The third-order valence-corrected chi connectivity index (χ3v) is 6.37. The van der Waals surface area contributed by atoms with E-state index in [4.69, 9.17) is 0 Å². The van der Waals surface area contributed by atoms with Gasteiger partial charge in [0.25, 0.3) is 0 Å². The molecule has 6 heteroatoms. The summed E-state index contributed by atoms with van der Waals surface area (Å²) in [4.78, 5) is 1.99. The van der Waals surface area contributed by atoms with Gasteiger partial charge in [0.2, 0.25) is 10.0 Å². The van der Waals surface area contributed by atoms with Crippen molar-refractivity contribution in [3.05, 3.63) is 66.0 Å². The molecule has 1 aliphatic rings. The molecule has 0 radical (unpaired) electrons. The molecule has 24 heavy (non-hydrogen) atoms. The Hall–Kier alpha value is -1.76. The molecule has 1 heterocycles. The van der Waals surface area contributed by atoms with Gasteiger partial charge in [0, 0.05) is 32.2 Å². The molecular formula is C18H21FN2O2S. The van der Waals surface area contributed by atoms with Crippen molar-refractivity contribution in [1.29, 1.82) is 0 Å². The van der Waals surface area contributed by atoms with Gasteiger partial charge in [-0.05, 0) is 24.6 Å². The maximum Gasteiger partial charge on any atom is 0.246 e. The second kappa shape index (κ2) is 7.01. The summed E-state index contributed by atoms with van der Waals surface area (Å²) in [5.41, 5.74) is 1.20. The Bertz CT molecular complexity index is 796. The highest BCUT2D eigenvalue weighted by Crippen LogP contribution is 2.24. The van der Waals surface area contributed by atoms with E-state index in [1.54, 1.807) is 6.07 Å². The van der Waals surface area contributed by atoms with E-state index in [2.05, 4.69) is 17.0 Å². The lowest BCUT2D eigenvalue weighted by molar-refractivity contribution is 0.138. The maximum atomic E-state index is 13.9. The Kier molecular flexibility index (Phi) is 4.99. The van der Waals surface area contributed by atoms with Crippen LogP contribution in [0.5, 0.6) is 0 Å². The predicted octanol–water partition coefficient (Wildman–Crippen LogP) is 2.72. The number of hydrogen-bond donors (Lipinski definition) is 0. The topological polar surface area (TPSA) is 40.6 Å². The van der Waals surface area contributed by atoms with Crippen LogP contribution in [0.25, 0.3) is 0 Å². The van der Waals surface area contributed by atoms with Gasteiger partial charge in [-0.15, -0.1) is 0 Å². The molecule has 1 atom stereocenters. The van der Waals surface area contributed by atoms with E-state index in [0.29, 0.717) is 19.6 Å². The molecule has 2 aromatic carbocycles. The molecule has 0 N–H and O–H groups in total. The SMILES string of the molecule is C[C@@H]1CN(Cc2ccccc2)CCN1S(=O)(=O)c1ccccc1F. The monoisotopic (exact) mass is 348 g/mol. The van der Waals surface area contributed by atoms with Crippen molar-refractivity contribution >= 4 is 10.0 Å². The Morgan fingerprint density at radius 1 is 1.04 bits per heavy atom. The molecule has 1 fully saturated rings. The molecule has 4 nitrogen and oxygen atoms in total. The third-order valence-electron chi connectivity index (χ3n) is 4.32. The number of halogens is 1. The first-order valence-corrected chi connectivity index (χ1v) is 9.45. The van der Waals surface area contributed by atoms with E-state index < -0.39 is 15.8 Å². The van der Waals surface area contributed by atoms with Crippen molar-refractivity contribution in [2.75, 3.05) is 19.6 Å². The molecule has 0 amide bonds. The van der Waals surface area contributed by atoms with Crippen LogP contribution < -0.4 is 0 Å². The minimum absolute atomic E-state index is 0.202. The normalized spacial score (nSPS) is 20.2. The zero-order valence-corrected chi connectivity index (χ0v) is 14.4. The van der Waals surface area contributed by atoms with Crippen LogP contribution in [0, 0.1) is 5.82 Å². The van der Waals surface area contributed by atoms with Crippen LogP contribution in [0.4, 0.5) is 4.39 Å². The lowest BCUT2D eigenvalue weighted by Crippen LogP contribution is -2.53.